The summed E-state index contributed by atoms with van der Waals surface area (Å²) in [5, 5.41) is 42.0. The number of nitrogen functional groups attached to an aromatic ring is 2. The molecule has 4 aromatic rings. The van der Waals surface area contributed by atoms with E-state index in [1.165, 1.54) is 15.5 Å². The Morgan fingerprint density at radius 1 is 0.642 bits per heavy atom. The van der Waals surface area contributed by atoms with Crippen LogP contribution in [0.3, 0.4) is 0 Å². The van der Waals surface area contributed by atoms with Gasteiger partial charge in [0.1, 0.15) is 60.3 Å². The normalized spacial score (nSPS) is 30.9. The van der Waals surface area contributed by atoms with Gasteiger partial charge in [-0.25, -0.2) is 47.9 Å². The van der Waals surface area contributed by atoms with E-state index in [2.05, 4.69) is 59.2 Å². The summed E-state index contributed by atoms with van der Waals surface area (Å²) < 4.78 is 72.4. The molecule has 6 rings (SSSR count). The second kappa shape index (κ2) is 14.8. The number of aliphatic hydroxyl groups excluding tert-OH is 4. The van der Waals surface area contributed by atoms with Gasteiger partial charge in [0.15, 0.2) is 35.4 Å². The highest BCUT2D eigenvalue weighted by Gasteiger charge is 2.49. The van der Waals surface area contributed by atoms with Gasteiger partial charge in [-0.15, -0.1) is 0 Å². The van der Waals surface area contributed by atoms with Gasteiger partial charge in [0.2, 0.25) is 0 Å². The van der Waals surface area contributed by atoms with Gasteiger partial charge in [0, 0.05) is 0 Å². The van der Waals surface area contributed by atoms with Crippen molar-refractivity contribution >= 4 is 76.0 Å². The number of aliphatic hydroxyl groups is 4. The third-order valence-electron chi connectivity index (χ3n) is 7.42. The van der Waals surface area contributed by atoms with Crippen LogP contribution in [0.4, 0.5) is 11.6 Å². The predicted octanol–water partition coefficient (Wildman–Crippen LogP) is -2.33. The van der Waals surface area contributed by atoms with Crippen LogP contribution in [0.5, 0.6) is 0 Å². The summed E-state index contributed by atoms with van der Waals surface area (Å²) in [6, 6.07) is 0. The molecule has 12 atom stereocenters. The van der Waals surface area contributed by atoms with Crippen LogP contribution in [0.2, 0.25) is 0 Å². The molecule has 2 aliphatic heterocycles. The van der Waals surface area contributed by atoms with Crippen LogP contribution in [0, 0.1) is 0 Å². The van der Waals surface area contributed by atoms with E-state index in [0.29, 0.717) is 0 Å². The minimum Gasteiger partial charge on any atom is -0.387 e. The Morgan fingerprint density at radius 3 is 1.53 bits per heavy atom. The molecule has 4 unspecified atom stereocenters. The van der Waals surface area contributed by atoms with E-state index in [-0.39, 0.29) is 34.0 Å². The molecule has 0 aliphatic carbocycles. The van der Waals surface area contributed by atoms with E-state index >= 15 is 0 Å². The van der Waals surface area contributed by atoms with Gasteiger partial charge in [-0.2, -0.15) is 8.62 Å². The molecule has 0 aromatic carbocycles. The first-order valence-electron chi connectivity index (χ1n) is 14.3. The van der Waals surface area contributed by atoms with Crippen molar-refractivity contribution in [2.75, 3.05) is 24.7 Å². The number of nitrogens with zero attached hydrogens (tertiary/aromatic N) is 8. The van der Waals surface area contributed by atoms with E-state index in [1.807, 2.05) is 0 Å². The largest absolute Gasteiger partial charge is 0.490 e. The van der Waals surface area contributed by atoms with E-state index < -0.39 is 92.5 Å². The van der Waals surface area contributed by atoms with Crippen LogP contribution in [-0.2, 0) is 57.0 Å². The summed E-state index contributed by atoms with van der Waals surface area (Å²) in [6.07, 6.45) is -8.03. The zero-order valence-corrected chi connectivity index (χ0v) is 30.3. The summed E-state index contributed by atoms with van der Waals surface area (Å²) >= 11 is 4.62. The Morgan fingerprint density at radius 2 is 1.06 bits per heavy atom. The number of aromatic nitrogens is 8. The van der Waals surface area contributed by atoms with Crippen LogP contribution in [-0.4, -0.2) is 129 Å². The second-order valence-electron chi connectivity index (χ2n) is 11.0. The Labute approximate surface area is 299 Å². The standard InChI is InChI=1S/C20H28N10O18P4S/c21-15-9-17(25-3-23-15)29(5-27-9)19-13(33)11(31)7(44-19)1-42-49(35,36)46-50(37,38)47-51(39,40)48-52(41,53)43-2-8-12(32)14(34)20(45-8)30-6-28-10-16(22)24-4-26-18(10)30/h3-8,11-14,19-20,31-34H,1-2H2,(H,35,36)(H,37,38)(H,39,40)(H,41,53)(H2,21,23,25)(H2,22,24,26)/t7-,8-,11-,12-,13-,14-,19-,20-,52?/m1/s1. The van der Waals surface area contributed by atoms with Crippen LogP contribution in [0.25, 0.3) is 22.3 Å². The van der Waals surface area contributed by atoms with E-state index in [1.54, 1.807) is 0 Å². The van der Waals surface area contributed by atoms with Crippen molar-refractivity contribution in [2.24, 2.45) is 0 Å². The molecule has 53 heavy (non-hydrogen) atoms. The lowest BCUT2D eigenvalue weighted by atomic mass is 10.1. The number of hydrogen-bond acceptors (Lipinski definition) is 23. The maximum Gasteiger partial charge on any atom is 0.490 e. The number of hydrogen-bond donors (Lipinski definition) is 10. The lowest BCUT2D eigenvalue weighted by Gasteiger charge is -2.23. The highest BCUT2D eigenvalue weighted by molar-refractivity contribution is 8.08. The van der Waals surface area contributed by atoms with Gasteiger partial charge in [-0.1, -0.05) is 0 Å². The third-order valence-corrected chi connectivity index (χ3v) is 14.2. The maximum absolute atomic E-state index is 12.5. The highest BCUT2D eigenvalue weighted by Crippen LogP contribution is 2.71. The molecule has 2 fully saturated rings. The van der Waals surface area contributed by atoms with Crippen molar-refractivity contribution in [3.05, 3.63) is 25.3 Å². The molecular weight excluding hydrogens is 824 g/mol. The smallest absolute Gasteiger partial charge is 0.387 e. The van der Waals surface area contributed by atoms with Crippen molar-refractivity contribution in [3.8, 4) is 0 Å². The Bertz CT molecular complexity index is 2050. The fourth-order valence-electron chi connectivity index (χ4n) is 5.11. The van der Waals surface area contributed by atoms with Crippen LogP contribution in [0.15, 0.2) is 25.3 Å². The van der Waals surface area contributed by atoms with Gasteiger partial charge in [0.05, 0.1) is 25.9 Å². The van der Waals surface area contributed by atoms with Crippen molar-refractivity contribution in [1.82, 2.24) is 39.0 Å². The molecular formula is C20H28N10O18P4S. The number of fused-ring (bicyclic) bond motifs is 2. The van der Waals surface area contributed by atoms with Crippen molar-refractivity contribution in [1.29, 1.82) is 0 Å². The Kier molecular flexibility index (Phi) is 11.2. The quantitative estimate of drug-likeness (QED) is 0.0595. The Hall–Kier alpha value is -2.56. The van der Waals surface area contributed by atoms with Crippen LogP contribution in [0.1, 0.15) is 12.5 Å². The van der Waals surface area contributed by atoms with Crippen LogP contribution < -0.4 is 11.5 Å². The van der Waals surface area contributed by atoms with E-state index in [9.17, 15) is 53.7 Å². The molecule has 292 valence electrons. The maximum atomic E-state index is 12.5. The molecule has 0 radical (unpaired) electrons. The first-order valence-corrected chi connectivity index (χ1v) is 21.4. The van der Waals surface area contributed by atoms with Gasteiger partial charge < -0.3 is 65.5 Å². The summed E-state index contributed by atoms with van der Waals surface area (Å²) in [5.74, 6) is 0.0107. The highest BCUT2D eigenvalue weighted by atomic mass is 32.5. The lowest BCUT2D eigenvalue weighted by Crippen LogP contribution is -2.33. The average molecular weight is 852 g/mol. The Balaban J connectivity index is 1.01. The average Bonchev–Trinajstić information content (AvgIpc) is 3.80. The molecule has 28 nitrogen and oxygen atoms in total. The molecule has 0 saturated carbocycles. The monoisotopic (exact) mass is 852 g/mol. The number of imidazole rings is 2. The number of ether oxygens (including phenoxy) is 2. The summed E-state index contributed by atoms with van der Waals surface area (Å²) in [4.78, 5) is 63.8. The third kappa shape index (κ3) is 8.65. The zero-order chi connectivity index (χ0) is 38.7. The van der Waals surface area contributed by atoms with E-state index in [4.69, 9.17) is 25.5 Å². The molecule has 2 saturated heterocycles. The molecule has 0 spiro atoms. The molecule has 2 aliphatic rings. The number of nitrogens with two attached hydrogens (primary N) is 2. The number of phosphoric ester groups is 1. The molecule has 33 heteroatoms. The minimum atomic E-state index is -6.10. The topological polar surface area (TPSA) is 417 Å². The fraction of sp³-hybridized carbons (Fsp3) is 0.500. The molecule has 0 bridgehead atoms. The summed E-state index contributed by atoms with van der Waals surface area (Å²) in [5.41, 5.74) is 12.0. The number of anilines is 2. The number of rotatable bonds is 14. The van der Waals surface area contributed by atoms with Gasteiger partial charge in [-0.05, 0) is 11.8 Å². The molecule has 4 aromatic heterocycles. The SMILES string of the molecule is Nc1ncnc2c1ncn2[C@@H]1O[C@H](COP(=O)(O)OP(=O)(O)OP(=O)(O)OP(O)(=S)OC[C@H]2O[C@@H](n3cnc4c(N)ncnc43)[C@H](O)[C@@H]2O)[C@@H](O)[C@H]1O. The summed E-state index contributed by atoms with van der Waals surface area (Å²) in [6.45, 7) is -6.91. The van der Waals surface area contributed by atoms with Gasteiger partial charge in [0.25, 0.3) is 0 Å². The zero-order valence-electron chi connectivity index (χ0n) is 25.9. The molecule has 12 N–H and O–H groups in total. The first kappa shape index (κ1) is 40.1. The van der Waals surface area contributed by atoms with Crippen molar-refractivity contribution < 1.29 is 85.1 Å². The van der Waals surface area contributed by atoms with Crippen molar-refractivity contribution in [3.63, 3.8) is 0 Å². The van der Waals surface area contributed by atoms with Gasteiger partial charge >= 0.3 is 30.2 Å². The minimum absolute atomic E-state index is 0.00268. The van der Waals surface area contributed by atoms with Crippen LogP contribution >= 0.6 is 30.2 Å². The summed E-state index contributed by atoms with van der Waals surface area (Å²) in [7, 11) is -17.8. The molecule has 6 heterocycles. The van der Waals surface area contributed by atoms with Gasteiger partial charge in [-0.3, -0.25) is 13.7 Å². The fourth-order valence-corrected chi connectivity index (χ4v) is 11.0. The predicted molar refractivity (Wildman–Crippen MR) is 172 cm³/mol. The lowest BCUT2D eigenvalue weighted by molar-refractivity contribution is -0.0503. The number of phosphoric acid groups is 3. The molecule has 0 amide bonds. The first-order chi connectivity index (χ1) is 24.7. The van der Waals surface area contributed by atoms with Crippen molar-refractivity contribution in [2.45, 2.75) is 49.1 Å². The van der Waals surface area contributed by atoms with E-state index in [0.717, 1.165) is 19.0 Å². The second-order valence-corrected chi connectivity index (χ2v) is 18.6.